The summed E-state index contributed by atoms with van der Waals surface area (Å²) in [7, 11) is 1.80. The molecular formula is C10H20N2. The molecule has 0 aliphatic heterocycles. The Morgan fingerprint density at radius 2 is 1.67 bits per heavy atom. The average Bonchev–Trinajstić information content (AvgIpc) is 1.98. The van der Waals surface area contributed by atoms with Crippen molar-refractivity contribution < 1.29 is 0 Å². The number of aliphatic imine (C=N–C) groups is 1. The van der Waals surface area contributed by atoms with Crippen LogP contribution < -0.4 is 5.73 Å². The molecule has 2 N–H and O–H groups in total. The van der Waals surface area contributed by atoms with Crippen LogP contribution in [0.4, 0.5) is 0 Å². The maximum absolute atomic E-state index is 5.81. The van der Waals surface area contributed by atoms with E-state index < -0.39 is 0 Å². The lowest BCUT2D eigenvalue weighted by atomic mass is 10.0. The minimum Gasteiger partial charge on any atom is -0.402 e. The van der Waals surface area contributed by atoms with Gasteiger partial charge in [0.25, 0.3) is 0 Å². The van der Waals surface area contributed by atoms with E-state index in [1.807, 2.05) is 6.08 Å². The molecule has 0 aromatic rings. The van der Waals surface area contributed by atoms with Gasteiger partial charge in [0.05, 0.1) is 0 Å². The van der Waals surface area contributed by atoms with E-state index in [0.717, 1.165) is 11.4 Å². The zero-order valence-electron chi connectivity index (χ0n) is 8.76. The van der Waals surface area contributed by atoms with E-state index in [1.165, 1.54) is 0 Å². The summed E-state index contributed by atoms with van der Waals surface area (Å²) in [5.41, 5.74) is 7.79. The van der Waals surface area contributed by atoms with Crippen LogP contribution in [0, 0.1) is 11.8 Å². The fourth-order valence-electron chi connectivity index (χ4n) is 0.827. The molecule has 12 heavy (non-hydrogen) atoms. The maximum atomic E-state index is 5.81. The zero-order chi connectivity index (χ0) is 9.72. The molecule has 0 rings (SSSR count). The number of allylic oxidation sites excluding steroid dienone is 2. The largest absolute Gasteiger partial charge is 0.402 e. The Balaban J connectivity index is 4.49. The summed E-state index contributed by atoms with van der Waals surface area (Å²) in [5, 5.41) is 0. The molecule has 0 aromatic heterocycles. The molecule has 0 saturated carbocycles. The second-order valence-electron chi connectivity index (χ2n) is 3.60. The number of nitrogens with zero attached hydrogens (tertiary/aromatic N) is 1. The Morgan fingerprint density at radius 3 is 1.92 bits per heavy atom. The van der Waals surface area contributed by atoms with E-state index >= 15 is 0 Å². The van der Waals surface area contributed by atoms with E-state index in [0.29, 0.717) is 11.8 Å². The predicted molar refractivity (Wildman–Crippen MR) is 55.3 cm³/mol. The molecule has 2 heteroatoms. The van der Waals surface area contributed by atoms with Crippen molar-refractivity contribution in [1.82, 2.24) is 0 Å². The van der Waals surface area contributed by atoms with E-state index in [4.69, 9.17) is 5.73 Å². The summed E-state index contributed by atoms with van der Waals surface area (Å²) in [6.45, 7) is 8.40. The first-order chi connectivity index (χ1) is 5.49. The van der Waals surface area contributed by atoms with Crippen molar-refractivity contribution in [2.45, 2.75) is 27.7 Å². The van der Waals surface area contributed by atoms with Gasteiger partial charge in [-0.05, 0) is 17.9 Å². The molecule has 0 unspecified atom stereocenters. The van der Waals surface area contributed by atoms with Gasteiger partial charge in [-0.25, -0.2) is 0 Å². The molecule has 0 heterocycles. The van der Waals surface area contributed by atoms with Gasteiger partial charge in [-0.15, -0.1) is 0 Å². The molecular weight excluding hydrogens is 148 g/mol. The second-order valence-corrected chi connectivity index (χ2v) is 3.60. The molecule has 0 aliphatic carbocycles. The third-order valence-corrected chi connectivity index (χ3v) is 1.83. The lowest BCUT2D eigenvalue weighted by Gasteiger charge is -2.08. The highest BCUT2D eigenvalue weighted by atomic mass is 14.7. The van der Waals surface area contributed by atoms with Crippen LogP contribution in [0.25, 0.3) is 0 Å². The third kappa shape index (κ3) is 3.56. The van der Waals surface area contributed by atoms with Crippen LogP contribution in [-0.2, 0) is 0 Å². The first kappa shape index (κ1) is 11.2. The normalized spacial score (nSPS) is 14.6. The summed E-state index contributed by atoms with van der Waals surface area (Å²) in [4.78, 5) is 4.17. The van der Waals surface area contributed by atoms with E-state index in [-0.39, 0.29) is 0 Å². The summed E-state index contributed by atoms with van der Waals surface area (Å²) in [6, 6.07) is 0. The zero-order valence-corrected chi connectivity index (χ0v) is 8.76. The standard InChI is InChI=1S/C10H20N2/c1-7(2)9(11)6-10(12-5)8(3)4/h6-8H,11H2,1-5H3. The fourth-order valence-corrected chi connectivity index (χ4v) is 0.827. The Kier molecular flexibility index (Phi) is 4.64. The van der Waals surface area contributed by atoms with Gasteiger partial charge in [-0.1, -0.05) is 27.7 Å². The molecule has 70 valence electrons. The predicted octanol–water partition coefficient (Wildman–Crippen LogP) is 2.21. The maximum Gasteiger partial charge on any atom is 0.0387 e. The minimum atomic E-state index is 0.403. The van der Waals surface area contributed by atoms with Gasteiger partial charge in [0.1, 0.15) is 0 Å². The van der Waals surface area contributed by atoms with Crippen LogP contribution in [0.15, 0.2) is 16.8 Å². The number of rotatable bonds is 3. The molecule has 0 atom stereocenters. The molecule has 0 radical (unpaired) electrons. The number of hydrogen-bond donors (Lipinski definition) is 1. The number of nitrogens with two attached hydrogens (primary N) is 1. The van der Waals surface area contributed by atoms with E-state index in [1.54, 1.807) is 7.05 Å². The highest BCUT2D eigenvalue weighted by molar-refractivity contribution is 5.96. The second kappa shape index (κ2) is 4.96. The van der Waals surface area contributed by atoms with Gasteiger partial charge >= 0.3 is 0 Å². The van der Waals surface area contributed by atoms with Crippen molar-refractivity contribution in [2.75, 3.05) is 7.05 Å². The van der Waals surface area contributed by atoms with Crippen LogP contribution >= 0.6 is 0 Å². The number of hydrogen-bond acceptors (Lipinski definition) is 2. The fraction of sp³-hybridized carbons (Fsp3) is 0.700. The van der Waals surface area contributed by atoms with Crippen LogP contribution in [0.3, 0.4) is 0 Å². The van der Waals surface area contributed by atoms with Crippen LogP contribution in [-0.4, -0.2) is 12.8 Å². The molecule has 0 amide bonds. The first-order valence-corrected chi connectivity index (χ1v) is 4.42. The molecule has 0 aromatic carbocycles. The highest BCUT2D eigenvalue weighted by Crippen LogP contribution is 2.06. The monoisotopic (exact) mass is 168 g/mol. The van der Waals surface area contributed by atoms with Gasteiger partial charge in [-0.3, -0.25) is 4.99 Å². The van der Waals surface area contributed by atoms with Crippen molar-refractivity contribution >= 4 is 5.71 Å². The average molecular weight is 168 g/mol. The van der Waals surface area contributed by atoms with Gasteiger partial charge < -0.3 is 5.73 Å². The van der Waals surface area contributed by atoms with Crippen LogP contribution in [0.5, 0.6) is 0 Å². The summed E-state index contributed by atoms with van der Waals surface area (Å²) in [6.07, 6.45) is 1.98. The van der Waals surface area contributed by atoms with Gasteiger partial charge in [-0.2, -0.15) is 0 Å². The highest BCUT2D eigenvalue weighted by Gasteiger charge is 2.03. The van der Waals surface area contributed by atoms with Gasteiger partial charge in [0.15, 0.2) is 0 Å². The molecule has 0 fully saturated rings. The third-order valence-electron chi connectivity index (χ3n) is 1.83. The summed E-state index contributed by atoms with van der Waals surface area (Å²) >= 11 is 0. The Morgan fingerprint density at radius 1 is 1.17 bits per heavy atom. The lowest BCUT2D eigenvalue weighted by molar-refractivity contribution is 0.756. The minimum absolute atomic E-state index is 0.403. The molecule has 0 saturated heterocycles. The smallest absolute Gasteiger partial charge is 0.0387 e. The van der Waals surface area contributed by atoms with Crippen molar-refractivity contribution in [1.29, 1.82) is 0 Å². The van der Waals surface area contributed by atoms with Crippen molar-refractivity contribution in [3.05, 3.63) is 11.8 Å². The summed E-state index contributed by atoms with van der Waals surface area (Å²) < 4.78 is 0. The molecule has 2 nitrogen and oxygen atoms in total. The molecule has 0 bridgehead atoms. The Hall–Kier alpha value is -0.790. The lowest BCUT2D eigenvalue weighted by Crippen LogP contribution is -2.11. The van der Waals surface area contributed by atoms with E-state index in [2.05, 4.69) is 32.7 Å². The SMILES string of the molecule is CN=C(C=C(N)C(C)C)C(C)C. The van der Waals surface area contributed by atoms with Crippen molar-refractivity contribution in [3.8, 4) is 0 Å². The molecule has 0 spiro atoms. The molecule has 0 aliphatic rings. The first-order valence-electron chi connectivity index (χ1n) is 4.42. The van der Waals surface area contributed by atoms with Crippen LogP contribution in [0.1, 0.15) is 27.7 Å². The Bertz CT molecular complexity index is 188. The van der Waals surface area contributed by atoms with Gasteiger partial charge in [0.2, 0.25) is 0 Å². The van der Waals surface area contributed by atoms with Crippen LogP contribution in [0.2, 0.25) is 0 Å². The topological polar surface area (TPSA) is 38.4 Å². The van der Waals surface area contributed by atoms with Crippen molar-refractivity contribution in [3.63, 3.8) is 0 Å². The summed E-state index contributed by atoms with van der Waals surface area (Å²) in [5.74, 6) is 0.854. The Labute approximate surface area is 75.6 Å². The quantitative estimate of drug-likeness (QED) is 0.645. The van der Waals surface area contributed by atoms with E-state index in [9.17, 15) is 0 Å². The van der Waals surface area contributed by atoms with Gasteiger partial charge in [0, 0.05) is 18.5 Å². The van der Waals surface area contributed by atoms with Crippen molar-refractivity contribution in [2.24, 2.45) is 22.6 Å².